The molecule has 1 saturated carbocycles. The van der Waals surface area contributed by atoms with Crippen molar-refractivity contribution in [2.45, 2.75) is 33.1 Å². The van der Waals surface area contributed by atoms with Crippen LogP contribution in [0.2, 0.25) is 0 Å². The van der Waals surface area contributed by atoms with E-state index in [1.54, 1.807) is 6.92 Å². The molecule has 0 heterocycles. The molecule has 1 rings (SSSR count). The van der Waals surface area contributed by atoms with Gasteiger partial charge in [-0.2, -0.15) is 0 Å². The fraction of sp³-hybridized carbons (Fsp3) is 0.727. The average molecular weight is 211 g/mol. The first-order chi connectivity index (χ1) is 7.15. The summed E-state index contributed by atoms with van der Waals surface area (Å²) in [6, 6.07) is 0. The summed E-state index contributed by atoms with van der Waals surface area (Å²) >= 11 is 0. The van der Waals surface area contributed by atoms with Crippen LogP contribution in [0.25, 0.3) is 0 Å². The maximum absolute atomic E-state index is 11.4. The summed E-state index contributed by atoms with van der Waals surface area (Å²) in [5, 5.41) is 0. The molecule has 0 N–H and O–H groups in total. The number of hydrogen-bond donors (Lipinski definition) is 0. The Kier molecular flexibility index (Phi) is 4.46. The molecule has 0 aromatic rings. The summed E-state index contributed by atoms with van der Waals surface area (Å²) in [5.41, 5.74) is 0.769. The van der Waals surface area contributed by atoms with E-state index >= 15 is 0 Å². The van der Waals surface area contributed by atoms with E-state index in [0.717, 1.165) is 18.6 Å². The van der Waals surface area contributed by atoms with Gasteiger partial charge in [-0.3, -0.25) is 14.6 Å². The zero-order valence-corrected chi connectivity index (χ0v) is 9.28. The van der Waals surface area contributed by atoms with Gasteiger partial charge in [-0.15, -0.1) is 0 Å². The van der Waals surface area contributed by atoms with Gasteiger partial charge in [0.25, 0.3) is 0 Å². The van der Waals surface area contributed by atoms with Gasteiger partial charge >= 0.3 is 5.97 Å². The minimum absolute atomic E-state index is 0.0312. The lowest BCUT2D eigenvalue weighted by molar-refractivity contribution is -0.141. The number of carbonyl (C=O) groups excluding carboxylic acids is 2. The highest BCUT2D eigenvalue weighted by molar-refractivity contribution is 6.05. The van der Waals surface area contributed by atoms with Crippen LogP contribution in [0, 0.1) is 5.92 Å². The van der Waals surface area contributed by atoms with Crippen molar-refractivity contribution in [3.05, 3.63) is 0 Å². The van der Waals surface area contributed by atoms with Crippen molar-refractivity contribution < 1.29 is 14.3 Å². The highest BCUT2D eigenvalue weighted by Crippen LogP contribution is 2.22. The van der Waals surface area contributed by atoms with E-state index in [9.17, 15) is 9.59 Å². The van der Waals surface area contributed by atoms with E-state index in [0.29, 0.717) is 13.0 Å². The minimum atomic E-state index is -0.331. The van der Waals surface area contributed by atoms with Gasteiger partial charge in [0.1, 0.15) is 12.3 Å². The maximum atomic E-state index is 11.4. The molecular weight excluding hydrogens is 194 g/mol. The van der Waals surface area contributed by atoms with Crippen LogP contribution in [-0.2, 0) is 14.3 Å². The van der Waals surface area contributed by atoms with Crippen molar-refractivity contribution in [3.63, 3.8) is 0 Å². The quantitative estimate of drug-likeness (QED) is 0.521. The Balaban J connectivity index is 2.45. The molecule has 0 radical (unpaired) electrons. The molecule has 0 bridgehead atoms. The predicted molar refractivity (Wildman–Crippen MR) is 57.0 cm³/mol. The fourth-order valence-corrected chi connectivity index (χ4v) is 1.76. The van der Waals surface area contributed by atoms with Gasteiger partial charge < -0.3 is 4.74 Å². The van der Waals surface area contributed by atoms with E-state index in [1.165, 1.54) is 0 Å². The molecule has 1 aliphatic rings. The molecule has 1 atom stereocenters. The molecule has 4 heteroatoms. The zero-order valence-electron chi connectivity index (χ0n) is 9.28. The minimum Gasteiger partial charge on any atom is -0.465 e. The fourth-order valence-electron chi connectivity index (χ4n) is 1.76. The lowest BCUT2D eigenvalue weighted by Gasteiger charge is -2.06. The lowest BCUT2D eigenvalue weighted by Crippen LogP contribution is -2.18. The first-order valence-electron chi connectivity index (χ1n) is 5.34. The molecule has 0 amide bonds. The smallest absolute Gasteiger partial charge is 0.327 e. The molecule has 1 unspecified atom stereocenters. The highest BCUT2D eigenvalue weighted by atomic mass is 16.5. The third-order valence-corrected chi connectivity index (χ3v) is 2.57. The Labute approximate surface area is 89.7 Å². The van der Waals surface area contributed by atoms with Gasteiger partial charge in [-0.25, -0.2) is 0 Å². The summed E-state index contributed by atoms with van der Waals surface area (Å²) in [6.45, 7) is 3.97. The topological polar surface area (TPSA) is 55.7 Å². The second-order valence-corrected chi connectivity index (χ2v) is 3.67. The number of hydrogen-bond acceptors (Lipinski definition) is 4. The Hall–Kier alpha value is -1.19. The van der Waals surface area contributed by atoms with Crippen LogP contribution in [0.3, 0.4) is 0 Å². The largest absolute Gasteiger partial charge is 0.465 e. The normalized spacial score (nSPS) is 21.9. The third kappa shape index (κ3) is 3.46. The molecule has 1 aliphatic carbocycles. The van der Waals surface area contributed by atoms with Crippen molar-refractivity contribution in [2.75, 3.05) is 13.2 Å². The molecule has 0 saturated heterocycles. The van der Waals surface area contributed by atoms with Gasteiger partial charge in [-0.05, 0) is 26.7 Å². The zero-order chi connectivity index (χ0) is 11.3. The van der Waals surface area contributed by atoms with Crippen molar-refractivity contribution in [1.29, 1.82) is 0 Å². The first kappa shape index (κ1) is 11.9. The van der Waals surface area contributed by atoms with Crippen molar-refractivity contribution >= 4 is 17.5 Å². The van der Waals surface area contributed by atoms with Crippen molar-refractivity contribution in [3.8, 4) is 0 Å². The first-order valence-corrected chi connectivity index (χ1v) is 5.34. The summed E-state index contributed by atoms with van der Waals surface area (Å²) in [6.07, 6.45) is 2.46. The summed E-state index contributed by atoms with van der Waals surface area (Å²) < 4.78 is 4.75. The van der Waals surface area contributed by atoms with Crippen LogP contribution in [0.5, 0.6) is 0 Å². The molecule has 0 aromatic carbocycles. The van der Waals surface area contributed by atoms with Gasteiger partial charge in [0.2, 0.25) is 0 Å². The van der Waals surface area contributed by atoms with E-state index in [4.69, 9.17) is 4.74 Å². The van der Waals surface area contributed by atoms with Gasteiger partial charge in [0, 0.05) is 12.1 Å². The van der Waals surface area contributed by atoms with Crippen LogP contribution in [0.1, 0.15) is 33.1 Å². The lowest BCUT2D eigenvalue weighted by atomic mass is 10.0. The number of carbonyl (C=O) groups is 2. The number of esters is 1. The summed E-state index contributed by atoms with van der Waals surface area (Å²) in [5.74, 6) is -0.137. The van der Waals surface area contributed by atoms with Gasteiger partial charge in [-0.1, -0.05) is 0 Å². The number of ketones is 1. The summed E-state index contributed by atoms with van der Waals surface area (Å²) in [4.78, 5) is 26.5. The Morgan fingerprint density at radius 3 is 2.87 bits per heavy atom. The second-order valence-electron chi connectivity index (χ2n) is 3.67. The molecule has 15 heavy (non-hydrogen) atoms. The van der Waals surface area contributed by atoms with Crippen LogP contribution in [-0.4, -0.2) is 30.6 Å². The Morgan fingerprint density at radius 2 is 2.33 bits per heavy atom. The number of ether oxygens (including phenoxy) is 1. The van der Waals surface area contributed by atoms with Gasteiger partial charge in [0.15, 0.2) is 0 Å². The molecule has 1 fully saturated rings. The van der Waals surface area contributed by atoms with E-state index in [2.05, 4.69) is 4.99 Å². The average Bonchev–Trinajstić information content (AvgIpc) is 2.61. The van der Waals surface area contributed by atoms with Crippen LogP contribution in [0.15, 0.2) is 4.99 Å². The van der Waals surface area contributed by atoms with E-state index in [-0.39, 0.29) is 24.2 Å². The van der Waals surface area contributed by atoms with Gasteiger partial charge in [0.05, 0.1) is 12.5 Å². The number of nitrogens with zero attached hydrogens (tertiary/aromatic N) is 1. The molecule has 0 spiro atoms. The van der Waals surface area contributed by atoms with E-state index < -0.39 is 0 Å². The van der Waals surface area contributed by atoms with Crippen LogP contribution < -0.4 is 0 Å². The standard InChI is InChI=1S/C11H17NO3/c1-3-15-11(14)7-12-8(2)9-5-4-6-10(9)13/h9H,3-7H2,1-2H3. The Morgan fingerprint density at radius 1 is 1.60 bits per heavy atom. The molecular formula is C11H17NO3. The highest BCUT2D eigenvalue weighted by Gasteiger charge is 2.26. The van der Waals surface area contributed by atoms with Crippen molar-refractivity contribution in [1.82, 2.24) is 0 Å². The molecule has 4 nitrogen and oxygen atoms in total. The SMILES string of the molecule is CCOC(=O)CN=C(C)C1CCCC1=O. The maximum Gasteiger partial charge on any atom is 0.327 e. The van der Waals surface area contributed by atoms with Crippen LogP contribution in [0.4, 0.5) is 0 Å². The molecule has 84 valence electrons. The monoisotopic (exact) mass is 211 g/mol. The van der Waals surface area contributed by atoms with Crippen LogP contribution >= 0.6 is 0 Å². The second kappa shape index (κ2) is 5.63. The predicted octanol–water partition coefficient (Wildman–Crippen LogP) is 1.38. The number of Topliss-reactive ketones (excluding diaryl/α,β-unsaturated/α-hetero) is 1. The number of rotatable bonds is 4. The molecule has 0 aromatic heterocycles. The molecule has 0 aliphatic heterocycles. The Bertz CT molecular complexity index is 284. The third-order valence-electron chi connectivity index (χ3n) is 2.57. The van der Waals surface area contributed by atoms with Crippen molar-refractivity contribution in [2.24, 2.45) is 10.9 Å². The number of aliphatic imine (C=N–C) groups is 1. The summed E-state index contributed by atoms with van der Waals surface area (Å²) in [7, 11) is 0. The van der Waals surface area contributed by atoms with E-state index in [1.807, 2.05) is 6.92 Å².